The van der Waals surface area contributed by atoms with Gasteiger partial charge in [0, 0.05) is 37.6 Å². The largest absolute Gasteiger partial charge is 0.479 e. The van der Waals surface area contributed by atoms with Crippen LogP contribution in [0, 0.1) is 0 Å². The van der Waals surface area contributed by atoms with Crippen molar-refractivity contribution in [2.45, 2.75) is 43.4 Å². The van der Waals surface area contributed by atoms with Crippen LogP contribution >= 0.6 is 0 Å². The van der Waals surface area contributed by atoms with E-state index in [1.165, 1.54) is 21.3 Å². The quantitative estimate of drug-likeness (QED) is 0.424. The summed E-state index contributed by atoms with van der Waals surface area (Å²) in [5.74, 6) is 0.163. The van der Waals surface area contributed by atoms with E-state index in [0.717, 1.165) is 11.3 Å². The Kier molecular flexibility index (Phi) is 5.55. The standard InChI is InChI=1S/C23H28N2O6/c1-23(22(29-3)30-4)20(26)19(15-12-14(24)9-10-18(15)31-23)25-16-8-6-5-7-13(16)11-17(25)21(27)28-2/h5-10,12,17,19-20,22,26H,11,24H2,1-4H3/t17-,19+,20-,23+/m1/s1. The molecule has 8 nitrogen and oxygen atoms in total. The van der Waals surface area contributed by atoms with Crippen molar-refractivity contribution in [3.63, 3.8) is 0 Å². The molecule has 2 heterocycles. The molecule has 0 radical (unpaired) electrons. The van der Waals surface area contributed by atoms with E-state index in [1.54, 1.807) is 25.1 Å². The normalized spacial score (nSPS) is 26.9. The first-order valence-electron chi connectivity index (χ1n) is 10.1. The first kappa shape index (κ1) is 21.4. The summed E-state index contributed by atoms with van der Waals surface area (Å²) < 4.78 is 22.3. The molecule has 0 aliphatic carbocycles. The van der Waals surface area contributed by atoms with Crippen molar-refractivity contribution in [3.8, 4) is 5.75 Å². The van der Waals surface area contributed by atoms with E-state index in [4.69, 9.17) is 24.7 Å². The fourth-order valence-corrected chi connectivity index (χ4v) is 4.81. The number of carbonyl (C=O) groups is 1. The van der Waals surface area contributed by atoms with Gasteiger partial charge in [0.25, 0.3) is 0 Å². The van der Waals surface area contributed by atoms with Crippen LogP contribution in [0.25, 0.3) is 0 Å². The van der Waals surface area contributed by atoms with Gasteiger partial charge < -0.3 is 34.7 Å². The van der Waals surface area contributed by atoms with Crippen LogP contribution in [-0.2, 0) is 25.4 Å². The number of nitrogen functional groups attached to an aromatic ring is 1. The lowest BCUT2D eigenvalue weighted by molar-refractivity contribution is -0.237. The van der Waals surface area contributed by atoms with Crippen LogP contribution in [0.1, 0.15) is 24.1 Å². The van der Waals surface area contributed by atoms with Gasteiger partial charge in [-0.1, -0.05) is 18.2 Å². The first-order chi connectivity index (χ1) is 14.8. The van der Waals surface area contributed by atoms with Crippen molar-refractivity contribution in [2.75, 3.05) is 32.0 Å². The molecule has 0 unspecified atom stereocenters. The third kappa shape index (κ3) is 3.31. The van der Waals surface area contributed by atoms with Gasteiger partial charge in [0.05, 0.1) is 13.2 Å². The Hall–Kier alpha value is -2.81. The molecule has 4 atom stereocenters. The van der Waals surface area contributed by atoms with Crippen LogP contribution in [0.4, 0.5) is 11.4 Å². The van der Waals surface area contributed by atoms with E-state index >= 15 is 0 Å². The highest BCUT2D eigenvalue weighted by atomic mass is 16.7. The molecule has 2 aliphatic heterocycles. The van der Waals surface area contributed by atoms with E-state index < -0.39 is 30.1 Å². The number of ether oxygens (including phenoxy) is 4. The predicted octanol–water partition coefficient (Wildman–Crippen LogP) is 2.05. The number of anilines is 2. The number of esters is 1. The van der Waals surface area contributed by atoms with Gasteiger partial charge in [-0.2, -0.15) is 0 Å². The zero-order valence-electron chi connectivity index (χ0n) is 18.1. The molecule has 4 rings (SSSR count). The highest BCUT2D eigenvalue weighted by Crippen LogP contribution is 2.50. The van der Waals surface area contributed by atoms with Gasteiger partial charge in [0.15, 0.2) is 11.9 Å². The molecule has 2 aromatic rings. The minimum absolute atomic E-state index is 0.378. The van der Waals surface area contributed by atoms with Crippen LogP contribution in [0.2, 0.25) is 0 Å². The Morgan fingerprint density at radius 3 is 2.61 bits per heavy atom. The number of hydrogen-bond donors (Lipinski definition) is 2. The fourth-order valence-electron chi connectivity index (χ4n) is 4.81. The molecule has 2 aliphatic rings. The highest BCUT2D eigenvalue weighted by molar-refractivity contribution is 5.84. The number of methoxy groups -OCH3 is 3. The SMILES string of the molecule is COC(=O)[C@H]1Cc2ccccc2N1[C@H]1c2cc(N)ccc2O[C@](C)(C(OC)OC)[C@@H]1O. The molecule has 0 amide bonds. The van der Waals surface area contributed by atoms with Gasteiger partial charge in [0.1, 0.15) is 17.9 Å². The summed E-state index contributed by atoms with van der Waals surface area (Å²) in [5.41, 5.74) is 7.89. The highest BCUT2D eigenvalue weighted by Gasteiger charge is 2.56. The lowest BCUT2D eigenvalue weighted by Crippen LogP contribution is -2.63. The van der Waals surface area contributed by atoms with Crippen LogP contribution in [0.15, 0.2) is 42.5 Å². The van der Waals surface area contributed by atoms with E-state index in [2.05, 4.69) is 0 Å². The molecule has 0 bridgehead atoms. The number of aliphatic hydroxyl groups is 1. The molecule has 2 aromatic carbocycles. The Balaban J connectivity index is 1.92. The number of aliphatic hydroxyl groups excluding tert-OH is 1. The monoisotopic (exact) mass is 428 g/mol. The molecule has 0 aromatic heterocycles. The van der Waals surface area contributed by atoms with Crippen LogP contribution in [0.3, 0.4) is 0 Å². The maximum atomic E-state index is 12.8. The second-order valence-corrected chi connectivity index (χ2v) is 8.06. The maximum Gasteiger partial charge on any atom is 0.328 e. The number of benzene rings is 2. The lowest BCUT2D eigenvalue weighted by atomic mass is 9.83. The smallest absolute Gasteiger partial charge is 0.328 e. The first-order valence-corrected chi connectivity index (χ1v) is 10.1. The van der Waals surface area contributed by atoms with Gasteiger partial charge >= 0.3 is 5.97 Å². The van der Waals surface area contributed by atoms with Gasteiger partial charge in [-0.25, -0.2) is 4.79 Å². The van der Waals surface area contributed by atoms with E-state index in [1.807, 2.05) is 29.2 Å². The predicted molar refractivity (Wildman–Crippen MR) is 115 cm³/mol. The van der Waals surface area contributed by atoms with E-state index in [-0.39, 0.29) is 5.97 Å². The van der Waals surface area contributed by atoms with Crippen molar-refractivity contribution in [2.24, 2.45) is 0 Å². The Morgan fingerprint density at radius 2 is 1.94 bits per heavy atom. The molecule has 3 N–H and O–H groups in total. The number of fused-ring (bicyclic) bond motifs is 2. The molecule has 8 heteroatoms. The van der Waals surface area contributed by atoms with Crippen molar-refractivity contribution in [1.29, 1.82) is 0 Å². The van der Waals surface area contributed by atoms with Crippen LogP contribution in [0.5, 0.6) is 5.75 Å². The van der Waals surface area contributed by atoms with Gasteiger partial charge in [-0.15, -0.1) is 0 Å². The van der Waals surface area contributed by atoms with Crippen LogP contribution in [-0.4, -0.2) is 56.4 Å². The molecular weight excluding hydrogens is 400 g/mol. The van der Waals surface area contributed by atoms with Crippen molar-refractivity contribution >= 4 is 17.3 Å². The third-order valence-electron chi connectivity index (χ3n) is 6.26. The molecule has 0 saturated heterocycles. The maximum absolute atomic E-state index is 12.8. The van der Waals surface area contributed by atoms with E-state index in [0.29, 0.717) is 23.4 Å². The number of hydrogen-bond acceptors (Lipinski definition) is 8. The average Bonchev–Trinajstić information content (AvgIpc) is 3.15. The topological polar surface area (TPSA) is 103 Å². The minimum Gasteiger partial charge on any atom is -0.479 e. The molecule has 166 valence electrons. The summed E-state index contributed by atoms with van der Waals surface area (Å²) in [6, 6.07) is 11.8. The average molecular weight is 428 g/mol. The number of nitrogens with two attached hydrogens (primary N) is 1. The Bertz CT molecular complexity index is 978. The second-order valence-electron chi connectivity index (χ2n) is 8.06. The summed E-state index contributed by atoms with van der Waals surface area (Å²) in [7, 11) is 4.35. The molecule has 0 spiro atoms. The van der Waals surface area contributed by atoms with Gasteiger partial charge in [0.2, 0.25) is 0 Å². The summed E-state index contributed by atoms with van der Waals surface area (Å²) >= 11 is 0. The van der Waals surface area contributed by atoms with Gasteiger partial charge in [-0.3, -0.25) is 0 Å². The molecule has 0 saturated carbocycles. The number of rotatable bonds is 5. The van der Waals surface area contributed by atoms with Crippen molar-refractivity contribution < 1.29 is 28.8 Å². The molecule has 31 heavy (non-hydrogen) atoms. The van der Waals surface area contributed by atoms with Crippen molar-refractivity contribution in [1.82, 2.24) is 0 Å². The minimum atomic E-state index is -1.25. The van der Waals surface area contributed by atoms with E-state index in [9.17, 15) is 9.90 Å². The van der Waals surface area contributed by atoms with Crippen molar-refractivity contribution in [3.05, 3.63) is 53.6 Å². The summed E-state index contributed by atoms with van der Waals surface area (Å²) in [6.45, 7) is 1.73. The third-order valence-corrected chi connectivity index (χ3v) is 6.26. The zero-order valence-corrected chi connectivity index (χ0v) is 18.1. The number of carbonyl (C=O) groups excluding carboxylic acids is 1. The molecule has 0 fully saturated rings. The second kappa shape index (κ2) is 8.03. The Morgan fingerprint density at radius 1 is 1.23 bits per heavy atom. The lowest BCUT2D eigenvalue weighted by Gasteiger charge is -2.50. The van der Waals surface area contributed by atoms with Gasteiger partial charge in [-0.05, 0) is 36.8 Å². The fraction of sp³-hybridized carbons (Fsp3) is 0.435. The summed E-state index contributed by atoms with van der Waals surface area (Å²) in [5, 5.41) is 11.7. The summed E-state index contributed by atoms with van der Waals surface area (Å²) in [6.07, 6.45) is -1.51. The Labute approximate surface area is 181 Å². The number of para-hydroxylation sites is 1. The summed E-state index contributed by atoms with van der Waals surface area (Å²) in [4.78, 5) is 14.7. The number of nitrogens with zero attached hydrogens (tertiary/aromatic N) is 1. The zero-order chi connectivity index (χ0) is 22.3. The van der Waals surface area contributed by atoms with Crippen LogP contribution < -0.4 is 15.4 Å². The molecular formula is C23H28N2O6.